The summed E-state index contributed by atoms with van der Waals surface area (Å²) in [4.78, 5) is 28.0. The van der Waals surface area contributed by atoms with Gasteiger partial charge in [-0.15, -0.1) is 0 Å². The maximum absolute atomic E-state index is 13.7. The summed E-state index contributed by atoms with van der Waals surface area (Å²) in [5.74, 6) is -0.0898. The Labute approximate surface area is 227 Å². The van der Waals surface area contributed by atoms with E-state index in [1.807, 2.05) is 20.8 Å². The molecular formula is C25H31Cl2N3O6S. The largest absolute Gasteiger partial charge is 0.486 e. The molecule has 0 bridgehead atoms. The third kappa shape index (κ3) is 7.66. The number of carbonyl (C=O) groups is 2. The van der Waals surface area contributed by atoms with Crippen molar-refractivity contribution in [3.8, 4) is 11.5 Å². The highest BCUT2D eigenvalue weighted by Crippen LogP contribution is 2.35. The fraction of sp³-hybridized carbons (Fsp3) is 0.440. The zero-order valence-corrected chi connectivity index (χ0v) is 23.7. The molecule has 1 atom stereocenters. The summed E-state index contributed by atoms with van der Waals surface area (Å²) in [6.45, 7) is 7.26. The lowest BCUT2D eigenvalue weighted by atomic mass is 10.1. The Morgan fingerprint density at radius 2 is 1.68 bits per heavy atom. The van der Waals surface area contributed by atoms with E-state index in [0.29, 0.717) is 40.3 Å². The molecule has 1 N–H and O–H groups in total. The first kappa shape index (κ1) is 28.9. The number of carbonyl (C=O) groups excluding carboxylic acids is 2. The van der Waals surface area contributed by atoms with Crippen LogP contribution in [0.3, 0.4) is 0 Å². The van der Waals surface area contributed by atoms with Crippen LogP contribution in [0.25, 0.3) is 0 Å². The smallest absolute Gasteiger partial charge is 0.244 e. The van der Waals surface area contributed by atoms with Gasteiger partial charge in [-0.05, 0) is 57.5 Å². The molecule has 1 aliphatic rings. The molecule has 0 radical (unpaired) electrons. The van der Waals surface area contributed by atoms with Crippen LogP contribution in [0.1, 0.15) is 33.3 Å². The molecule has 0 aliphatic carbocycles. The molecular weight excluding hydrogens is 541 g/mol. The molecule has 0 aromatic heterocycles. The Hall–Kier alpha value is -2.69. The van der Waals surface area contributed by atoms with E-state index < -0.39 is 34.1 Å². The molecule has 3 rings (SSSR count). The molecule has 12 heteroatoms. The zero-order valence-electron chi connectivity index (χ0n) is 21.4. The number of amides is 2. The van der Waals surface area contributed by atoms with E-state index in [0.717, 1.165) is 10.6 Å². The predicted molar refractivity (Wildman–Crippen MR) is 144 cm³/mol. The van der Waals surface area contributed by atoms with Crippen LogP contribution in [0.4, 0.5) is 5.69 Å². The number of hydrogen-bond donors (Lipinski definition) is 1. The van der Waals surface area contributed by atoms with Gasteiger partial charge in [0, 0.05) is 18.2 Å². The molecule has 0 saturated heterocycles. The highest BCUT2D eigenvalue weighted by atomic mass is 35.5. The molecule has 1 aliphatic heterocycles. The van der Waals surface area contributed by atoms with Gasteiger partial charge >= 0.3 is 0 Å². The van der Waals surface area contributed by atoms with Gasteiger partial charge in [-0.2, -0.15) is 0 Å². The standard InChI is InChI=1S/C25H31Cl2N3O6S/c1-16(24(32)28-25(2,3)4)29(14-17-6-8-19(26)20(27)12-17)23(31)15-30(37(5,33)34)18-7-9-21-22(13-18)36-11-10-35-21/h6-9,12-13,16H,10-11,14-15H2,1-5H3,(H,28,32). The van der Waals surface area contributed by atoms with Gasteiger partial charge in [0.05, 0.1) is 22.0 Å². The van der Waals surface area contributed by atoms with Crippen LogP contribution >= 0.6 is 23.2 Å². The molecule has 0 saturated carbocycles. The van der Waals surface area contributed by atoms with Gasteiger partial charge in [0.15, 0.2) is 11.5 Å². The average molecular weight is 573 g/mol. The Balaban J connectivity index is 1.94. The van der Waals surface area contributed by atoms with Crippen molar-refractivity contribution in [2.45, 2.75) is 45.8 Å². The lowest BCUT2D eigenvalue weighted by Gasteiger charge is -2.33. The maximum Gasteiger partial charge on any atom is 0.244 e. The highest BCUT2D eigenvalue weighted by molar-refractivity contribution is 7.92. The van der Waals surface area contributed by atoms with Crippen molar-refractivity contribution in [2.75, 3.05) is 30.3 Å². The highest BCUT2D eigenvalue weighted by Gasteiger charge is 2.32. The van der Waals surface area contributed by atoms with E-state index >= 15 is 0 Å². The van der Waals surface area contributed by atoms with Gasteiger partial charge in [-0.25, -0.2) is 8.42 Å². The number of nitrogens with zero attached hydrogens (tertiary/aromatic N) is 2. The van der Waals surface area contributed by atoms with Crippen molar-refractivity contribution in [1.29, 1.82) is 0 Å². The number of halogens is 2. The van der Waals surface area contributed by atoms with Crippen molar-refractivity contribution in [3.63, 3.8) is 0 Å². The van der Waals surface area contributed by atoms with Crippen LogP contribution in [0.15, 0.2) is 36.4 Å². The van der Waals surface area contributed by atoms with E-state index in [9.17, 15) is 18.0 Å². The number of fused-ring (bicyclic) bond motifs is 1. The number of ether oxygens (including phenoxy) is 2. The molecule has 9 nitrogen and oxygen atoms in total. The van der Waals surface area contributed by atoms with Crippen LogP contribution in [0.5, 0.6) is 11.5 Å². The van der Waals surface area contributed by atoms with Crippen LogP contribution in [0, 0.1) is 0 Å². The second-order valence-corrected chi connectivity index (χ2v) is 12.5. The number of benzene rings is 2. The summed E-state index contributed by atoms with van der Waals surface area (Å²) in [6, 6.07) is 8.64. The molecule has 202 valence electrons. The van der Waals surface area contributed by atoms with Crippen LogP contribution < -0.4 is 19.1 Å². The van der Waals surface area contributed by atoms with E-state index in [-0.39, 0.29) is 18.1 Å². The zero-order chi connectivity index (χ0) is 27.5. The molecule has 2 aromatic rings. The molecule has 0 spiro atoms. The van der Waals surface area contributed by atoms with Crippen LogP contribution in [-0.4, -0.2) is 62.7 Å². The fourth-order valence-electron chi connectivity index (χ4n) is 3.69. The van der Waals surface area contributed by atoms with E-state index in [2.05, 4.69) is 5.32 Å². The minimum atomic E-state index is -3.88. The second-order valence-electron chi connectivity index (χ2n) is 9.78. The summed E-state index contributed by atoms with van der Waals surface area (Å²) in [6.07, 6.45) is 1.01. The van der Waals surface area contributed by atoms with Gasteiger partial charge in [-0.1, -0.05) is 29.3 Å². The van der Waals surface area contributed by atoms with E-state index in [1.54, 1.807) is 37.3 Å². The predicted octanol–water partition coefficient (Wildman–Crippen LogP) is 3.86. The Bertz CT molecular complexity index is 1280. The number of sulfonamides is 1. The lowest BCUT2D eigenvalue weighted by molar-refractivity contribution is -0.140. The number of anilines is 1. The number of nitrogens with one attached hydrogen (secondary N) is 1. The Morgan fingerprint density at radius 3 is 2.27 bits per heavy atom. The lowest BCUT2D eigenvalue weighted by Crippen LogP contribution is -2.54. The van der Waals surface area contributed by atoms with Crippen LogP contribution in [0.2, 0.25) is 10.0 Å². The van der Waals surface area contributed by atoms with Gasteiger partial charge in [0.2, 0.25) is 21.8 Å². The number of hydrogen-bond acceptors (Lipinski definition) is 6. The normalized spacial score (nSPS) is 14.0. The summed E-state index contributed by atoms with van der Waals surface area (Å²) >= 11 is 12.2. The van der Waals surface area contributed by atoms with E-state index in [4.69, 9.17) is 32.7 Å². The van der Waals surface area contributed by atoms with Gasteiger partial charge < -0.3 is 19.7 Å². The average Bonchev–Trinajstić information content (AvgIpc) is 2.80. The van der Waals surface area contributed by atoms with Crippen molar-refractivity contribution in [1.82, 2.24) is 10.2 Å². The monoisotopic (exact) mass is 571 g/mol. The van der Waals surface area contributed by atoms with Gasteiger partial charge in [0.1, 0.15) is 25.8 Å². The van der Waals surface area contributed by atoms with Crippen molar-refractivity contribution >= 4 is 50.7 Å². The molecule has 37 heavy (non-hydrogen) atoms. The second kappa shape index (κ2) is 11.4. The van der Waals surface area contributed by atoms with Gasteiger partial charge in [-0.3, -0.25) is 13.9 Å². The van der Waals surface area contributed by atoms with Crippen LogP contribution in [-0.2, 0) is 26.2 Å². The minimum absolute atomic E-state index is 0.00714. The maximum atomic E-state index is 13.7. The van der Waals surface area contributed by atoms with Gasteiger partial charge in [0.25, 0.3) is 0 Å². The van der Waals surface area contributed by atoms with Crippen molar-refractivity contribution < 1.29 is 27.5 Å². The Kier molecular flexibility index (Phi) is 8.87. The summed E-state index contributed by atoms with van der Waals surface area (Å²) in [5, 5.41) is 3.52. The fourth-order valence-corrected chi connectivity index (χ4v) is 4.85. The molecule has 0 fully saturated rings. The molecule has 2 aromatic carbocycles. The third-order valence-electron chi connectivity index (χ3n) is 5.50. The first-order chi connectivity index (χ1) is 17.2. The summed E-state index contributed by atoms with van der Waals surface area (Å²) in [7, 11) is -3.88. The first-order valence-corrected chi connectivity index (χ1v) is 14.2. The quantitative estimate of drug-likeness (QED) is 0.515. The van der Waals surface area contributed by atoms with Crippen molar-refractivity contribution in [2.24, 2.45) is 0 Å². The Morgan fingerprint density at radius 1 is 1.03 bits per heavy atom. The molecule has 1 heterocycles. The first-order valence-electron chi connectivity index (χ1n) is 11.6. The molecule has 2 amide bonds. The summed E-state index contributed by atoms with van der Waals surface area (Å²) < 4.78 is 37.6. The third-order valence-corrected chi connectivity index (χ3v) is 7.37. The minimum Gasteiger partial charge on any atom is -0.486 e. The summed E-state index contributed by atoms with van der Waals surface area (Å²) in [5.41, 5.74) is 0.331. The van der Waals surface area contributed by atoms with Crippen molar-refractivity contribution in [3.05, 3.63) is 52.0 Å². The van der Waals surface area contributed by atoms with E-state index in [1.165, 1.54) is 11.0 Å². The number of rotatable bonds is 8. The topological polar surface area (TPSA) is 105 Å². The SMILES string of the molecule is CC(C(=O)NC(C)(C)C)N(Cc1ccc(Cl)c(Cl)c1)C(=O)CN(c1ccc2c(c1)OCCO2)S(C)(=O)=O. The molecule has 1 unspecified atom stereocenters.